The summed E-state index contributed by atoms with van der Waals surface area (Å²) in [5.74, 6) is -0.581. The molecule has 8 heteroatoms. The van der Waals surface area contributed by atoms with Crippen molar-refractivity contribution in [2.45, 2.75) is 19.4 Å². The normalized spacial score (nSPS) is 11.7. The van der Waals surface area contributed by atoms with E-state index in [0.717, 1.165) is 5.56 Å². The van der Waals surface area contributed by atoms with E-state index < -0.39 is 11.5 Å². The zero-order valence-corrected chi connectivity index (χ0v) is 17.1. The number of amides is 2. The van der Waals surface area contributed by atoms with E-state index in [1.807, 2.05) is 30.3 Å². The summed E-state index contributed by atoms with van der Waals surface area (Å²) < 4.78 is 1.25. The SMILES string of the molecule is C[C@@H](CN(C)C(=O)Cn1cccc(C(=O)Nc2nccs2)c1=O)c1ccccc1. The van der Waals surface area contributed by atoms with Crippen LogP contribution in [0.2, 0.25) is 0 Å². The van der Waals surface area contributed by atoms with Crippen LogP contribution in [0.4, 0.5) is 5.13 Å². The van der Waals surface area contributed by atoms with Crippen LogP contribution >= 0.6 is 11.3 Å². The number of thiazole rings is 1. The molecule has 150 valence electrons. The number of nitrogens with one attached hydrogen (secondary N) is 1. The van der Waals surface area contributed by atoms with E-state index >= 15 is 0 Å². The number of rotatable bonds is 7. The highest BCUT2D eigenvalue weighted by molar-refractivity contribution is 7.13. The zero-order valence-electron chi connectivity index (χ0n) is 16.2. The lowest BCUT2D eigenvalue weighted by Crippen LogP contribution is -2.37. The Bertz CT molecular complexity index is 1030. The molecule has 3 rings (SSSR count). The minimum absolute atomic E-state index is 0.0317. The molecule has 0 bridgehead atoms. The number of carbonyl (C=O) groups is 2. The minimum atomic E-state index is -0.544. The molecule has 2 aromatic heterocycles. The van der Waals surface area contributed by atoms with Crippen molar-refractivity contribution in [2.75, 3.05) is 18.9 Å². The Morgan fingerprint density at radius 2 is 1.97 bits per heavy atom. The average Bonchev–Trinajstić information content (AvgIpc) is 3.23. The number of anilines is 1. The smallest absolute Gasteiger partial charge is 0.263 e. The fourth-order valence-electron chi connectivity index (χ4n) is 2.95. The summed E-state index contributed by atoms with van der Waals surface area (Å²) in [5.41, 5.74) is 0.598. The van der Waals surface area contributed by atoms with Gasteiger partial charge in [-0.05, 0) is 23.6 Å². The van der Waals surface area contributed by atoms with Crippen LogP contribution in [-0.2, 0) is 11.3 Å². The second kappa shape index (κ2) is 9.29. The van der Waals surface area contributed by atoms with Gasteiger partial charge in [-0.3, -0.25) is 19.7 Å². The van der Waals surface area contributed by atoms with Gasteiger partial charge in [-0.2, -0.15) is 0 Å². The van der Waals surface area contributed by atoms with Gasteiger partial charge in [0.05, 0.1) is 0 Å². The van der Waals surface area contributed by atoms with Crippen LogP contribution < -0.4 is 10.9 Å². The molecule has 3 aromatic rings. The molecule has 2 heterocycles. The summed E-state index contributed by atoms with van der Waals surface area (Å²) in [6.45, 7) is 2.45. The molecule has 7 nitrogen and oxygen atoms in total. The first kappa shape index (κ1) is 20.5. The third-order valence-electron chi connectivity index (χ3n) is 4.57. The van der Waals surface area contributed by atoms with Gasteiger partial charge < -0.3 is 9.47 Å². The standard InChI is InChI=1S/C21H22N4O3S/c1-15(16-7-4-3-5-8-16)13-24(2)18(26)14-25-11-6-9-17(20(25)28)19(27)23-21-22-10-12-29-21/h3-12,15H,13-14H2,1-2H3,(H,22,23,27)/t15-/m0/s1. The Morgan fingerprint density at radius 1 is 1.21 bits per heavy atom. The van der Waals surface area contributed by atoms with Crippen molar-refractivity contribution >= 4 is 28.3 Å². The van der Waals surface area contributed by atoms with Crippen molar-refractivity contribution in [3.8, 4) is 0 Å². The van der Waals surface area contributed by atoms with E-state index in [4.69, 9.17) is 0 Å². The molecule has 1 aromatic carbocycles. The monoisotopic (exact) mass is 410 g/mol. The maximum atomic E-state index is 12.7. The van der Waals surface area contributed by atoms with Gasteiger partial charge in [-0.1, -0.05) is 37.3 Å². The Kier molecular flexibility index (Phi) is 6.56. The molecule has 1 atom stereocenters. The van der Waals surface area contributed by atoms with Gasteiger partial charge in [0.2, 0.25) is 5.91 Å². The highest BCUT2D eigenvalue weighted by Gasteiger charge is 2.17. The lowest BCUT2D eigenvalue weighted by atomic mass is 10.0. The zero-order chi connectivity index (χ0) is 20.8. The second-order valence-corrected chi connectivity index (χ2v) is 7.63. The van der Waals surface area contributed by atoms with E-state index in [1.54, 1.807) is 29.6 Å². The molecular weight excluding hydrogens is 388 g/mol. The van der Waals surface area contributed by atoms with Gasteiger partial charge >= 0.3 is 0 Å². The Balaban J connectivity index is 1.67. The van der Waals surface area contributed by atoms with Crippen LogP contribution in [0, 0.1) is 0 Å². The van der Waals surface area contributed by atoms with E-state index in [9.17, 15) is 14.4 Å². The largest absolute Gasteiger partial charge is 0.344 e. The summed E-state index contributed by atoms with van der Waals surface area (Å²) in [5, 5.41) is 4.72. The second-order valence-electron chi connectivity index (χ2n) is 6.73. The predicted molar refractivity (Wildman–Crippen MR) is 113 cm³/mol. The fraction of sp³-hybridized carbons (Fsp3) is 0.238. The molecule has 0 spiro atoms. The van der Waals surface area contributed by atoms with Gasteiger partial charge in [0.25, 0.3) is 11.5 Å². The Morgan fingerprint density at radius 3 is 2.66 bits per heavy atom. The first-order valence-corrected chi connectivity index (χ1v) is 10.0. The van der Waals surface area contributed by atoms with Gasteiger partial charge in [0.15, 0.2) is 5.13 Å². The van der Waals surface area contributed by atoms with E-state index in [2.05, 4.69) is 17.2 Å². The molecule has 0 aliphatic heterocycles. The maximum absolute atomic E-state index is 12.7. The van der Waals surface area contributed by atoms with Crippen LogP contribution in [0.15, 0.2) is 65.0 Å². The van der Waals surface area contributed by atoms with E-state index in [0.29, 0.717) is 11.7 Å². The number of aromatic nitrogens is 2. The number of hydrogen-bond acceptors (Lipinski definition) is 5. The summed E-state index contributed by atoms with van der Waals surface area (Å²) in [7, 11) is 1.71. The van der Waals surface area contributed by atoms with Gasteiger partial charge in [-0.25, -0.2) is 4.98 Å². The third-order valence-corrected chi connectivity index (χ3v) is 5.25. The van der Waals surface area contributed by atoms with Crippen LogP contribution in [0.25, 0.3) is 0 Å². The summed E-state index contributed by atoms with van der Waals surface area (Å²) >= 11 is 1.26. The predicted octanol–water partition coefficient (Wildman–Crippen LogP) is 2.82. The molecule has 0 aliphatic carbocycles. The number of pyridine rings is 1. The van der Waals surface area contributed by atoms with Gasteiger partial charge in [0.1, 0.15) is 12.1 Å². The van der Waals surface area contributed by atoms with Gasteiger partial charge in [-0.15, -0.1) is 11.3 Å². The summed E-state index contributed by atoms with van der Waals surface area (Å²) in [6.07, 6.45) is 3.07. The molecule has 29 heavy (non-hydrogen) atoms. The van der Waals surface area contributed by atoms with Gasteiger partial charge in [0, 0.05) is 31.4 Å². The number of hydrogen-bond donors (Lipinski definition) is 1. The van der Waals surface area contributed by atoms with E-state index in [1.165, 1.54) is 28.2 Å². The van der Waals surface area contributed by atoms with Crippen LogP contribution in [0.3, 0.4) is 0 Å². The molecule has 0 saturated carbocycles. The lowest BCUT2D eigenvalue weighted by molar-refractivity contribution is -0.130. The van der Waals surface area contributed by atoms with E-state index in [-0.39, 0.29) is 23.9 Å². The topological polar surface area (TPSA) is 84.3 Å². The number of nitrogens with zero attached hydrogens (tertiary/aromatic N) is 3. The van der Waals surface area contributed by atoms with Crippen molar-refractivity contribution in [3.63, 3.8) is 0 Å². The Hall–Kier alpha value is -3.26. The van der Waals surface area contributed by atoms with Crippen molar-refractivity contribution < 1.29 is 9.59 Å². The number of likely N-dealkylation sites (N-methyl/N-ethyl adjacent to an activating group) is 1. The highest BCUT2D eigenvalue weighted by Crippen LogP contribution is 2.15. The molecule has 1 N–H and O–H groups in total. The van der Waals surface area contributed by atoms with Crippen molar-refractivity contribution in [1.29, 1.82) is 0 Å². The van der Waals surface area contributed by atoms with Crippen molar-refractivity contribution in [2.24, 2.45) is 0 Å². The lowest BCUT2D eigenvalue weighted by Gasteiger charge is -2.22. The first-order chi connectivity index (χ1) is 14.0. The van der Waals surface area contributed by atoms with Crippen molar-refractivity contribution in [1.82, 2.24) is 14.5 Å². The minimum Gasteiger partial charge on any atom is -0.344 e. The van der Waals surface area contributed by atoms with Crippen LogP contribution in [0.1, 0.15) is 28.8 Å². The molecule has 0 radical (unpaired) electrons. The number of benzene rings is 1. The number of carbonyl (C=O) groups excluding carboxylic acids is 2. The summed E-state index contributed by atoms with van der Waals surface area (Å²) in [4.78, 5) is 43.2. The molecule has 2 amide bonds. The maximum Gasteiger partial charge on any atom is 0.263 e. The molecule has 0 unspecified atom stereocenters. The van der Waals surface area contributed by atoms with Crippen LogP contribution in [-0.4, -0.2) is 39.9 Å². The Labute approximate surface area is 172 Å². The molecule has 0 fully saturated rings. The summed E-state index contributed by atoms with van der Waals surface area (Å²) in [6, 6.07) is 13.0. The quantitative estimate of drug-likeness (QED) is 0.649. The van der Waals surface area contributed by atoms with Crippen molar-refractivity contribution in [3.05, 3.63) is 81.7 Å². The molecule has 0 saturated heterocycles. The highest BCUT2D eigenvalue weighted by atomic mass is 32.1. The molecule has 0 aliphatic rings. The average molecular weight is 410 g/mol. The fourth-order valence-corrected chi connectivity index (χ4v) is 3.47. The third kappa shape index (κ3) is 5.17. The molecular formula is C21H22N4O3S. The first-order valence-electron chi connectivity index (χ1n) is 9.15. The van der Waals surface area contributed by atoms with Crippen LogP contribution in [0.5, 0.6) is 0 Å².